The molecule has 1 aromatic heterocycles. The maximum Gasteiger partial charge on any atom is 0.262 e. The van der Waals surface area contributed by atoms with Crippen molar-refractivity contribution in [1.29, 1.82) is 0 Å². The van der Waals surface area contributed by atoms with Gasteiger partial charge in [0.1, 0.15) is 0 Å². The Bertz CT molecular complexity index is 1420. The summed E-state index contributed by atoms with van der Waals surface area (Å²) in [6.07, 6.45) is 0. The lowest BCUT2D eigenvalue weighted by molar-refractivity contribution is -0.119. The predicted octanol–water partition coefficient (Wildman–Crippen LogP) is 5.18. The van der Waals surface area contributed by atoms with Gasteiger partial charge in [0, 0.05) is 12.5 Å². The van der Waals surface area contributed by atoms with Crippen LogP contribution in [0.3, 0.4) is 0 Å². The molecule has 6 nitrogen and oxygen atoms in total. The Hall–Kier alpha value is -3.71. The lowest BCUT2D eigenvalue weighted by atomic mass is 10.0. The zero-order valence-corrected chi connectivity index (χ0v) is 20.7. The Morgan fingerprint density at radius 1 is 0.914 bits per heavy atom. The zero-order valence-electron chi connectivity index (χ0n) is 19.9. The molecule has 0 spiro atoms. The molecule has 7 heteroatoms. The summed E-state index contributed by atoms with van der Waals surface area (Å²) in [4.78, 5) is 42.5. The molecule has 1 N–H and O–H groups in total. The number of Topliss-reactive ketones (excluding diaryl/α,β-unsaturated/α-hetero) is 1. The Morgan fingerprint density at radius 3 is 2.26 bits per heavy atom. The van der Waals surface area contributed by atoms with Crippen LogP contribution in [-0.4, -0.2) is 27.0 Å². The quantitative estimate of drug-likeness (QED) is 0.211. The molecular weight excluding hydrogens is 458 g/mol. The minimum Gasteiger partial charge on any atom is -0.350 e. The molecule has 0 aliphatic heterocycles. The highest BCUT2D eigenvalue weighted by molar-refractivity contribution is 7.99. The van der Waals surface area contributed by atoms with Gasteiger partial charge in [-0.05, 0) is 37.1 Å². The summed E-state index contributed by atoms with van der Waals surface area (Å²) in [5.41, 5.74) is 2.97. The van der Waals surface area contributed by atoms with Gasteiger partial charge in [0.05, 0.1) is 28.7 Å². The standard InChI is InChI=1S/C28H27N3O3S/c1-18(29-20(3)32)21-13-15-23(16-14-21)26(33)17-35-28-30-25-12-8-7-11-24(25)27(34)31(28)19(2)22-9-5-4-6-10-22/h4-16,18-19H,17H2,1-3H3,(H,29,32). The molecule has 0 saturated heterocycles. The van der Waals surface area contributed by atoms with Crippen LogP contribution in [0.4, 0.5) is 0 Å². The van der Waals surface area contributed by atoms with Crippen LogP contribution in [0.15, 0.2) is 88.8 Å². The maximum atomic E-state index is 13.5. The molecule has 0 fully saturated rings. The van der Waals surface area contributed by atoms with Crippen LogP contribution in [0.1, 0.15) is 54.3 Å². The number of nitrogens with one attached hydrogen (secondary N) is 1. The molecule has 2 unspecified atom stereocenters. The van der Waals surface area contributed by atoms with Gasteiger partial charge in [0.2, 0.25) is 5.91 Å². The van der Waals surface area contributed by atoms with Crippen molar-refractivity contribution < 1.29 is 9.59 Å². The fraction of sp³-hybridized carbons (Fsp3) is 0.214. The van der Waals surface area contributed by atoms with Crippen LogP contribution in [0.25, 0.3) is 10.9 Å². The van der Waals surface area contributed by atoms with Gasteiger partial charge >= 0.3 is 0 Å². The smallest absolute Gasteiger partial charge is 0.262 e. The Labute approximate surface area is 208 Å². The highest BCUT2D eigenvalue weighted by atomic mass is 32.2. The van der Waals surface area contributed by atoms with Gasteiger partial charge in [-0.25, -0.2) is 4.98 Å². The van der Waals surface area contributed by atoms with E-state index in [4.69, 9.17) is 4.98 Å². The normalized spacial score (nSPS) is 12.8. The number of para-hydroxylation sites is 1. The number of rotatable bonds is 8. The van der Waals surface area contributed by atoms with Gasteiger partial charge in [-0.2, -0.15) is 0 Å². The number of thioether (sulfide) groups is 1. The number of ketones is 1. The molecular formula is C28H27N3O3S. The van der Waals surface area contributed by atoms with Crippen molar-refractivity contribution in [3.05, 3.63) is 106 Å². The molecule has 0 aliphatic rings. The summed E-state index contributed by atoms with van der Waals surface area (Å²) < 4.78 is 1.67. The first-order valence-electron chi connectivity index (χ1n) is 11.4. The van der Waals surface area contributed by atoms with Crippen molar-refractivity contribution in [2.45, 2.75) is 38.0 Å². The average Bonchev–Trinajstić information content (AvgIpc) is 2.87. The number of nitrogens with zero attached hydrogens (tertiary/aromatic N) is 2. The number of carbonyl (C=O) groups is 2. The maximum absolute atomic E-state index is 13.5. The number of aromatic nitrogens is 2. The summed E-state index contributed by atoms with van der Waals surface area (Å²) in [5, 5.41) is 3.90. The summed E-state index contributed by atoms with van der Waals surface area (Å²) in [6.45, 7) is 5.34. The van der Waals surface area contributed by atoms with Gasteiger partial charge in [-0.1, -0.05) is 78.5 Å². The number of hydrogen-bond donors (Lipinski definition) is 1. The van der Waals surface area contributed by atoms with E-state index >= 15 is 0 Å². The van der Waals surface area contributed by atoms with Gasteiger partial charge in [0.15, 0.2) is 10.9 Å². The molecule has 1 heterocycles. The first kappa shape index (κ1) is 24.4. The van der Waals surface area contributed by atoms with Gasteiger partial charge < -0.3 is 5.32 Å². The molecule has 0 radical (unpaired) electrons. The fourth-order valence-corrected chi connectivity index (χ4v) is 4.98. The van der Waals surface area contributed by atoms with Crippen molar-refractivity contribution in [3.63, 3.8) is 0 Å². The van der Waals surface area contributed by atoms with Crippen molar-refractivity contribution in [1.82, 2.24) is 14.9 Å². The Balaban J connectivity index is 1.61. The number of carbonyl (C=O) groups excluding carboxylic acids is 2. The van der Waals surface area contributed by atoms with Crippen LogP contribution in [0.2, 0.25) is 0 Å². The van der Waals surface area contributed by atoms with E-state index in [0.29, 0.717) is 21.6 Å². The van der Waals surface area contributed by atoms with E-state index in [9.17, 15) is 14.4 Å². The van der Waals surface area contributed by atoms with E-state index < -0.39 is 0 Å². The summed E-state index contributed by atoms with van der Waals surface area (Å²) in [5.74, 6) is -0.0184. The second-order valence-electron chi connectivity index (χ2n) is 8.43. The lowest BCUT2D eigenvalue weighted by Gasteiger charge is -2.20. The van der Waals surface area contributed by atoms with Crippen LogP contribution < -0.4 is 10.9 Å². The van der Waals surface area contributed by atoms with Crippen molar-refractivity contribution >= 4 is 34.4 Å². The second-order valence-corrected chi connectivity index (χ2v) is 9.37. The molecule has 35 heavy (non-hydrogen) atoms. The van der Waals surface area contributed by atoms with E-state index in [2.05, 4.69) is 5.32 Å². The average molecular weight is 486 g/mol. The predicted molar refractivity (Wildman–Crippen MR) is 140 cm³/mol. The molecule has 178 valence electrons. The third-order valence-corrected chi connectivity index (χ3v) is 6.88. The van der Waals surface area contributed by atoms with Crippen molar-refractivity contribution in [2.75, 3.05) is 5.75 Å². The van der Waals surface area contributed by atoms with E-state index in [1.165, 1.54) is 18.7 Å². The molecule has 0 bridgehead atoms. The van der Waals surface area contributed by atoms with Crippen LogP contribution in [-0.2, 0) is 4.79 Å². The third kappa shape index (κ3) is 5.52. The Morgan fingerprint density at radius 2 is 1.57 bits per heavy atom. The van der Waals surface area contributed by atoms with Crippen molar-refractivity contribution in [3.8, 4) is 0 Å². The number of hydrogen-bond acceptors (Lipinski definition) is 5. The summed E-state index contributed by atoms with van der Waals surface area (Å²) in [6, 6.07) is 23.9. The number of fused-ring (bicyclic) bond motifs is 1. The van der Waals surface area contributed by atoms with Gasteiger partial charge in [-0.15, -0.1) is 0 Å². The minimum atomic E-state index is -0.243. The van der Waals surface area contributed by atoms with Crippen molar-refractivity contribution in [2.24, 2.45) is 0 Å². The third-order valence-electron chi connectivity index (χ3n) is 5.93. The van der Waals surface area contributed by atoms with Crippen LogP contribution >= 0.6 is 11.8 Å². The molecule has 4 aromatic rings. The molecule has 2 atom stereocenters. The Kier molecular flexibility index (Phi) is 7.46. The highest BCUT2D eigenvalue weighted by Gasteiger charge is 2.19. The lowest BCUT2D eigenvalue weighted by Crippen LogP contribution is -2.27. The van der Waals surface area contributed by atoms with E-state index in [0.717, 1.165) is 11.1 Å². The van der Waals surface area contributed by atoms with Crippen LogP contribution in [0, 0.1) is 0 Å². The zero-order chi connectivity index (χ0) is 24.9. The molecule has 4 rings (SSSR count). The number of benzene rings is 3. The second kappa shape index (κ2) is 10.7. The van der Waals surface area contributed by atoms with E-state index in [1.807, 2.05) is 74.5 Å². The first-order chi connectivity index (χ1) is 16.8. The van der Waals surface area contributed by atoms with Crippen LogP contribution in [0.5, 0.6) is 0 Å². The summed E-state index contributed by atoms with van der Waals surface area (Å²) >= 11 is 1.27. The summed E-state index contributed by atoms with van der Waals surface area (Å²) in [7, 11) is 0. The fourth-order valence-electron chi connectivity index (χ4n) is 4.01. The highest BCUT2D eigenvalue weighted by Crippen LogP contribution is 2.26. The largest absolute Gasteiger partial charge is 0.350 e. The molecule has 0 saturated carbocycles. The van der Waals surface area contributed by atoms with E-state index in [-0.39, 0.29) is 35.1 Å². The number of amides is 1. The monoisotopic (exact) mass is 485 g/mol. The first-order valence-corrected chi connectivity index (χ1v) is 12.4. The SMILES string of the molecule is CC(=O)NC(C)c1ccc(C(=O)CSc2nc3ccccc3c(=O)n2C(C)c2ccccc2)cc1. The topological polar surface area (TPSA) is 81.1 Å². The minimum absolute atomic E-state index is 0.0601. The van der Waals surface area contributed by atoms with Gasteiger partial charge in [0.25, 0.3) is 5.56 Å². The molecule has 0 aliphatic carbocycles. The van der Waals surface area contributed by atoms with E-state index in [1.54, 1.807) is 22.8 Å². The van der Waals surface area contributed by atoms with Gasteiger partial charge in [-0.3, -0.25) is 19.0 Å². The molecule has 1 amide bonds. The molecule has 3 aromatic carbocycles.